The molecule has 0 aromatic heterocycles. The molecule has 1 unspecified atom stereocenters. The lowest BCUT2D eigenvalue weighted by Gasteiger charge is -2.25. The predicted octanol–water partition coefficient (Wildman–Crippen LogP) is 4.96. The van der Waals surface area contributed by atoms with Crippen LogP contribution in [0, 0.1) is 0 Å². The van der Waals surface area contributed by atoms with Crippen molar-refractivity contribution in [1.82, 2.24) is 0 Å². The zero-order valence-corrected chi connectivity index (χ0v) is 13.6. The Morgan fingerprint density at radius 1 is 1.10 bits per heavy atom. The van der Waals surface area contributed by atoms with Crippen LogP contribution in [0.4, 0.5) is 5.69 Å². The highest BCUT2D eigenvalue weighted by atomic mass is 79.9. The van der Waals surface area contributed by atoms with E-state index in [1.54, 1.807) is 0 Å². The summed E-state index contributed by atoms with van der Waals surface area (Å²) in [7, 11) is 0. The number of nitrogens with one attached hydrogen (secondary N) is 1. The molecule has 0 spiro atoms. The van der Waals surface area contributed by atoms with Gasteiger partial charge in [0.15, 0.2) is 0 Å². The topological polar surface area (TPSA) is 21.3 Å². The maximum Gasteiger partial charge on any atom is 0.0828 e. The summed E-state index contributed by atoms with van der Waals surface area (Å²) in [4.78, 5) is 0. The summed E-state index contributed by atoms with van der Waals surface area (Å²) in [6.45, 7) is 1.56. The molecular formula is C18H20BrNO. The smallest absolute Gasteiger partial charge is 0.0828 e. The molecule has 2 aromatic carbocycles. The van der Waals surface area contributed by atoms with E-state index in [4.69, 9.17) is 4.74 Å². The van der Waals surface area contributed by atoms with Crippen LogP contribution >= 0.6 is 15.9 Å². The number of aryl methyl sites for hydroxylation is 1. The molecule has 2 nitrogen and oxygen atoms in total. The largest absolute Gasteiger partial charge is 0.383 e. The van der Waals surface area contributed by atoms with Crippen LogP contribution in [-0.4, -0.2) is 13.2 Å². The molecule has 3 rings (SSSR count). The van der Waals surface area contributed by atoms with Gasteiger partial charge in [-0.2, -0.15) is 0 Å². The van der Waals surface area contributed by atoms with Crippen LogP contribution < -0.4 is 5.32 Å². The van der Waals surface area contributed by atoms with Gasteiger partial charge in [0.25, 0.3) is 0 Å². The average molecular weight is 346 g/mol. The molecule has 0 bridgehead atoms. The summed E-state index contributed by atoms with van der Waals surface area (Å²) in [6.07, 6.45) is 3.81. The Morgan fingerprint density at radius 3 is 2.76 bits per heavy atom. The van der Waals surface area contributed by atoms with E-state index in [9.17, 15) is 0 Å². The third-order valence-electron chi connectivity index (χ3n) is 3.91. The molecule has 21 heavy (non-hydrogen) atoms. The molecule has 1 atom stereocenters. The van der Waals surface area contributed by atoms with Gasteiger partial charge in [-0.15, -0.1) is 0 Å². The van der Waals surface area contributed by atoms with Gasteiger partial charge < -0.3 is 10.1 Å². The number of hydrogen-bond acceptors (Lipinski definition) is 2. The third kappa shape index (κ3) is 3.86. The number of anilines is 1. The first kappa shape index (κ1) is 14.6. The van der Waals surface area contributed by atoms with Crippen molar-refractivity contribution >= 4 is 21.6 Å². The van der Waals surface area contributed by atoms with Crippen LogP contribution in [0.3, 0.4) is 0 Å². The Bertz CT molecular complexity index is 582. The minimum Gasteiger partial charge on any atom is -0.383 e. The average Bonchev–Trinajstić information content (AvgIpc) is 2.53. The van der Waals surface area contributed by atoms with E-state index in [1.807, 2.05) is 12.1 Å². The fraction of sp³-hybridized carbons (Fsp3) is 0.333. The first-order chi connectivity index (χ1) is 10.3. The SMILES string of the molecule is Brc1ccc(NCCOC2CCCc3ccccc32)cc1. The van der Waals surface area contributed by atoms with Crippen LogP contribution in [0.1, 0.15) is 30.1 Å². The molecule has 0 aliphatic heterocycles. The molecule has 1 aliphatic carbocycles. The second-order valence-corrected chi connectivity index (χ2v) is 6.30. The molecule has 110 valence electrons. The third-order valence-corrected chi connectivity index (χ3v) is 4.44. The molecular weight excluding hydrogens is 326 g/mol. The maximum absolute atomic E-state index is 6.08. The maximum atomic E-state index is 6.08. The van der Waals surface area contributed by atoms with Crippen molar-refractivity contribution in [3.8, 4) is 0 Å². The monoisotopic (exact) mass is 345 g/mol. The highest BCUT2D eigenvalue weighted by molar-refractivity contribution is 9.10. The molecule has 0 fully saturated rings. The summed E-state index contributed by atoms with van der Waals surface area (Å²) in [6, 6.07) is 16.9. The summed E-state index contributed by atoms with van der Waals surface area (Å²) in [5.41, 5.74) is 3.97. The van der Waals surface area contributed by atoms with Crippen molar-refractivity contribution in [3.05, 3.63) is 64.1 Å². The van der Waals surface area contributed by atoms with Gasteiger partial charge in [-0.05, 0) is 54.7 Å². The molecule has 2 aromatic rings. The van der Waals surface area contributed by atoms with Gasteiger partial charge in [0.1, 0.15) is 0 Å². The van der Waals surface area contributed by atoms with Gasteiger partial charge in [-0.3, -0.25) is 0 Å². The molecule has 0 saturated heterocycles. The molecule has 0 heterocycles. The summed E-state index contributed by atoms with van der Waals surface area (Å²) < 4.78 is 7.18. The van der Waals surface area contributed by atoms with E-state index in [0.717, 1.165) is 29.7 Å². The summed E-state index contributed by atoms with van der Waals surface area (Å²) in [5, 5.41) is 3.39. The predicted molar refractivity (Wildman–Crippen MR) is 90.7 cm³/mol. The standard InChI is InChI=1S/C18H20BrNO/c19-15-8-10-16(11-9-15)20-12-13-21-18-7-3-5-14-4-1-2-6-17(14)18/h1-2,4,6,8-11,18,20H,3,5,7,12-13H2. The minimum atomic E-state index is 0.265. The van der Waals surface area contributed by atoms with Gasteiger partial charge in [-0.25, -0.2) is 0 Å². The molecule has 0 saturated carbocycles. The first-order valence-corrected chi connectivity index (χ1v) is 8.31. The minimum absolute atomic E-state index is 0.265. The Labute approximate surface area is 134 Å². The van der Waals surface area contributed by atoms with E-state index in [1.165, 1.54) is 24.0 Å². The second-order valence-electron chi connectivity index (χ2n) is 5.38. The lowest BCUT2D eigenvalue weighted by molar-refractivity contribution is 0.0477. The zero-order chi connectivity index (χ0) is 14.5. The quantitative estimate of drug-likeness (QED) is 0.773. The van der Waals surface area contributed by atoms with Crippen molar-refractivity contribution < 1.29 is 4.74 Å². The highest BCUT2D eigenvalue weighted by Gasteiger charge is 2.19. The van der Waals surface area contributed by atoms with E-state index in [-0.39, 0.29) is 6.10 Å². The fourth-order valence-electron chi connectivity index (χ4n) is 2.85. The molecule has 3 heteroatoms. The van der Waals surface area contributed by atoms with E-state index in [0.29, 0.717) is 0 Å². The first-order valence-electron chi connectivity index (χ1n) is 7.52. The van der Waals surface area contributed by atoms with E-state index >= 15 is 0 Å². The van der Waals surface area contributed by atoms with Crippen LogP contribution in [0.15, 0.2) is 53.0 Å². The van der Waals surface area contributed by atoms with Crippen molar-refractivity contribution in [2.45, 2.75) is 25.4 Å². The molecule has 0 radical (unpaired) electrons. The Hall–Kier alpha value is -1.32. The van der Waals surface area contributed by atoms with Gasteiger partial charge in [0.05, 0.1) is 12.7 Å². The number of halogens is 1. The number of hydrogen-bond donors (Lipinski definition) is 1. The molecule has 0 amide bonds. The molecule has 1 N–H and O–H groups in total. The Morgan fingerprint density at radius 2 is 1.90 bits per heavy atom. The number of rotatable bonds is 5. The lowest BCUT2D eigenvalue weighted by atomic mass is 9.89. The second kappa shape index (κ2) is 7.10. The van der Waals surface area contributed by atoms with Crippen LogP contribution in [0.2, 0.25) is 0 Å². The van der Waals surface area contributed by atoms with Crippen LogP contribution in [0.5, 0.6) is 0 Å². The van der Waals surface area contributed by atoms with Gasteiger partial charge in [-0.1, -0.05) is 40.2 Å². The van der Waals surface area contributed by atoms with Crippen molar-refractivity contribution in [2.24, 2.45) is 0 Å². The van der Waals surface area contributed by atoms with E-state index in [2.05, 4.69) is 57.6 Å². The number of benzene rings is 2. The fourth-order valence-corrected chi connectivity index (χ4v) is 3.11. The number of fused-ring (bicyclic) bond motifs is 1. The summed E-state index contributed by atoms with van der Waals surface area (Å²) in [5.74, 6) is 0. The zero-order valence-electron chi connectivity index (χ0n) is 12.0. The van der Waals surface area contributed by atoms with Gasteiger partial charge >= 0.3 is 0 Å². The van der Waals surface area contributed by atoms with Crippen molar-refractivity contribution in [2.75, 3.05) is 18.5 Å². The number of ether oxygens (including phenoxy) is 1. The van der Waals surface area contributed by atoms with Crippen LogP contribution in [0.25, 0.3) is 0 Å². The van der Waals surface area contributed by atoms with Crippen molar-refractivity contribution in [1.29, 1.82) is 0 Å². The van der Waals surface area contributed by atoms with Crippen LogP contribution in [-0.2, 0) is 11.2 Å². The van der Waals surface area contributed by atoms with Gasteiger partial charge in [0, 0.05) is 16.7 Å². The Balaban J connectivity index is 1.49. The van der Waals surface area contributed by atoms with Crippen molar-refractivity contribution in [3.63, 3.8) is 0 Å². The lowest BCUT2D eigenvalue weighted by Crippen LogP contribution is -2.17. The van der Waals surface area contributed by atoms with E-state index < -0.39 is 0 Å². The molecule has 1 aliphatic rings. The Kier molecular flexibility index (Phi) is 4.94. The normalized spacial score (nSPS) is 17.3. The van der Waals surface area contributed by atoms with Gasteiger partial charge in [0.2, 0.25) is 0 Å². The summed E-state index contributed by atoms with van der Waals surface area (Å²) >= 11 is 3.44. The highest BCUT2D eigenvalue weighted by Crippen LogP contribution is 2.32.